The number of ether oxygens (including phenoxy) is 1. The molecule has 1 atom stereocenters. The predicted octanol–water partition coefficient (Wildman–Crippen LogP) is 4.59. The molecule has 0 saturated carbocycles. The van der Waals surface area contributed by atoms with Gasteiger partial charge in [-0.05, 0) is 42.7 Å². The van der Waals surface area contributed by atoms with Gasteiger partial charge in [0.15, 0.2) is 0 Å². The number of anilines is 1. The van der Waals surface area contributed by atoms with Crippen LogP contribution in [0.3, 0.4) is 0 Å². The minimum atomic E-state index is -3.95. The van der Waals surface area contributed by atoms with Gasteiger partial charge in [-0.15, -0.1) is 0 Å². The number of benzene rings is 3. The molecule has 0 heterocycles. The first-order chi connectivity index (χ1) is 19.0. The molecule has 0 spiro atoms. The lowest BCUT2D eigenvalue weighted by atomic mass is 10.0. The first-order valence-electron chi connectivity index (χ1n) is 13.0. The number of aryl methyl sites for hydroxylation is 1. The van der Waals surface area contributed by atoms with E-state index in [1.807, 2.05) is 68.4 Å². The van der Waals surface area contributed by atoms with Crippen LogP contribution in [0.15, 0.2) is 72.8 Å². The van der Waals surface area contributed by atoms with Gasteiger partial charge in [-0.25, -0.2) is 8.42 Å². The number of nitrogens with one attached hydrogen (secondary N) is 1. The summed E-state index contributed by atoms with van der Waals surface area (Å²) in [6.07, 6.45) is 2.00. The lowest BCUT2D eigenvalue weighted by Crippen LogP contribution is -2.53. The van der Waals surface area contributed by atoms with Crippen molar-refractivity contribution < 1.29 is 22.7 Å². The number of sulfonamides is 1. The summed E-state index contributed by atoms with van der Waals surface area (Å²) in [6.45, 7) is 3.91. The third kappa shape index (κ3) is 8.47. The molecule has 3 aromatic rings. The Balaban J connectivity index is 2.08. The maximum Gasteiger partial charge on any atom is 0.244 e. The Morgan fingerprint density at radius 3 is 2.33 bits per heavy atom. The number of rotatable bonds is 13. The minimum absolute atomic E-state index is 0.113. The summed E-state index contributed by atoms with van der Waals surface area (Å²) in [5.41, 5.74) is 2.83. The molecule has 0 aromatic heterocycles. The van der Waals surface area contributed by atoms with Crippen LogP contribution in [0.25, 0.3) is 0 Å². The molecule has 3 rings (SSSR count). The fourth-order valence-corrected chi connectivity index (χ4v) is 5.39. The number of methoxy groups -OCH3 is 1. The van der Waals surface area contributed by atoms with E-state index in [0.29, 0.717) is 6.54 Å². The maximum atomic E-state index is 14.1. The second kappa shape index (κ2) is 14.2. The van der Waals surface area contributed by atoms with E-state index in [0.717, 1.165) is 33.7 Å². The standard InChI is InChI=1S/C30H36ClN3O5S/c1-5-16-32-30(36)27(18-23-11-7-6-8-12-23)33(20-24-13-9-10-22(2)17-24)29(35)21-34(40(4,37)38)26-19-25(31)14-15-28(26)39-3/h6-15,17,19,27H,5,16,18,20-21H2,1-4H3,(H,32,36)/t27-/m1/s1. The maximum absolute atomic E-state index is 14.1. The summed E-state index contributed by atoms with van der Waals surface area (Å²) in [4.78, 5) is 29.1. The van der Waals surface area contributed by atoms with Crippen LogP contribution < -0.4 is 14.4 Å². The second-order valence-corrected chi connectivity index (χ2v) is 11.9. The number of nitrogens with zero attached hydrogens (tertiary/aromatic N) is 2. The average Bonchev–Trinajstić information content (AvgIpc) is 2.92. The lowest BCUT2D eigenvalue weighted by molar-refractivity contribution is -0.140. The molecular weight excluding hydrogens is 550 g/mol. The van der Waals surface area contributed by atoms with Gasteiger partial charge in [-0.1, -0.05) is 78.7 Å². The van der Waals surface area contributed by atoms with E-state index in [9.17, 15) is 18.0 Å². The molecule has 8 nitrogen and oxygen atoms in total. The van der Waals surface area contributed by atoms with Gasteiger partial charge in [0.1, 0.15) is 18.3 Å². The van der Waals surface area contributed by atoms with E-state index in [1.165, 1.54) is 18.1 Å². The molecule has 0 bridgehead atoms. The number of carbonyl (C=O) groups excluding carboxylic acids is 2. The molecule has 3 aromatic carbocycles. The largest absolute Gasteiger partial charge is 0.495 e. The molecule has 2 amide bonds. The van der Waals surface area contributed by atoms with Crippen molar-refractivity contribution in [2.24, 2.45) is 0 Å². The highest BCUT2D eigenvalue weighted by Gasteiger charge is 2.33. The van der Waals surface area contributed by atoms with Gasteiger partial charge in [0.25, 0.3) is 0 Å². The first-order valence-corrected chi connectivity index (χ1v) is 15.2. The number of amides is 2. The van der Waals surface area contributed by atoms with E-state index in [4.69, 9.17) is 16.3 Å². The Labute approximate surface area is 241 Å². The van der Waals surface area contributed by atoms with Crippen LogP contribution in [0.2, 0.25) is 5.02 Å². The summed E-state index contributed by atoms with van der Waals surface area (Å²) < 4.78 is 32.3. The smallest absolute Gasteiger partial charge is 0.244 e. The van der Waals surface area contributed by atoms with Crippen molar-refractivity contribution in [1.29, 1.82) is 0 Å². The zero-order chi connectivity index (χ0) is 29.3. The Hall–Kier alpha value is -3.56. The molecular formula is C30H36ClN3O5S. The van der Waals surface area contributed by atoms with E-state index in [-0.39, 0.29) is 35.3 Å². The van der Waals surface area contributed by atoms with Crippen LogP contribution in [-0.2, 0) is 32.6 Å². The van der Waals surface area contributed by atoms with Gasteiger partial charge in [-0.3, -0.25) is 13.9 Å². The number of hydrogen-bond acceptors (Lipinski definition) is 5. The summed E-state index contributed by atoms with van der Waals surface area (Å²) in [5.74, 6) is -0.603. The van der Waals surface area contributed by atoms with Gasteiger partial charge in [0.05, 0.1) is 19.1 Å². The SMILES string of the molecule is CCCNC(=O)[C@@H](Cc1ccccc1)N(Cc1cccc(C)c1)C(=O)CN(c1cc(Cl)ccc1OC)S(C)(=O)=O. The van der Waals surface area contributed by atoms with E-state index < -0.39 is 28.5 Å². The normalized spacial score (nSPS) is 11.9. The number of halogens is 1. The summed E-state index contributed by atoms with van der Waals surface area (Å²) >= 11 is 6.19. The Morgan fingerprint density at radius 1 is 1.00 bits per heavy atom. The van der Waals surface area contributed by atoms with Crippen molar-refractivity contribution in [1.82, 2.24) is 10.2 Å². The lowest BCUT2D eigenvalue weighted by Gasteiger charge is -2.33. The Morgan fingerprint density at radius 2 is 1.70 bits per heavy atom. The summed E-state index contributed by atoms with van der Waals surface area (Å²) in [7, 11) is -2.54. The Kier molecular flexibility index (Phi) is 11.0. The average molecular weight is 586 g/mol. The monoisotopic (exact) mass is 585 g/mol. The molecule has 214 valence electrons. The molecule has 0 saturated heterocycles. The van der Waals surface area contributed by atoms with Gasteiger partial charge >= 0.3 is 0 Å². The highest BCUT2D eigenvalue weighted by molar-refractivity contribution is 7.92. The zero-order valence-corrected chi connectivity index (χ0v) is 24.8. The van der Waals surface area contributed by atoms with Crippen molar-refractivity contribution >= 4 is 39.1 Å². The van der Waals surface area contributed by atoms with Gasteiger partial charge in [0.2, 0.25) is 21.8 Å². The fourth-order valence-electron chi connectivity index (χ4n) is 4.38. The van der Waals surface area contributed by atoms with Crippen molar-refractivity contribution in [3.05, 3.63) is 94.5 Å². The quantitative estimate of drug-likeness (QED) is 0.317. The van der Waals surface area contributed by atoms with E-state index >= 15 is 0 Å². The van der Waals surface area contributed by atoms with Crippen LogP contribution in [-0.4, -0.2) is 57.6 Å². The van der Waals surface area contributed by atoms with Crippen LogP contribution in [0, 0.1) is 6.92 Å². The van der Waals surface area contributed by atoms with Crippen molar-refractivity contribution in [3.8, 4) is 5.75 Å². The molecule has 0 aliphatic rings. The van der Waals surface area contributed by atoms with Gasteiger partial charge in [-0.2, -0.15) is 0 Å². The molecule has 0 radical (unpaired) electrons. The van der Waals surface area contributed by atoms with Gasteiger partial charge in [0, 0.05) is 24.5 Å². The third-order valence-electron chi connectivity index (χ3n) is 6.34. The highest BCUT2D eigenvalue weighted by atomic mass is 35.5. The van der Waals surface area contributed by atoms with Crippen LogP contribution in [0.1, 0.15) is 30.0 Å². The predicted molar refractivity (Wildman–Crippen MR) is 159 cm³/mol. The molecule has 10 heteroatoms. The van der Waals surface area contributed by atoms with Crippen LogP contribution in [0.4, 0.5) is 5.69 Å². The Bertz CT molecular complexity index is 1420. The minimum Gasteiger partial charge on any atom is -0.495 e. The topological polar surface area (TPSA) is 96.0 Å². The first kappa shape index (κ1) is 31.0. The van der Waals surface area contributed by atoms with Crippen molar-refractivity contribution in [3.63, 3.8) is 0 Å². The summed E-state index contributed by atoms with van der Waals surface area (Å²) in [6, 6.07) is 20.8. The van der Waals surface area contributed by atoms with Crippen LogP contribution >= 0.6 is 11.6 Å². The third-order valence-corrected chi connectivity index (χ3v) is 7.71. The molecule has 0 fully saturated rings. The van der Waals surface area contributed by atoms with Crippen molar-refractivity contribution in [2.75, 3.05) is 30.8 Å². The fraction of sp³-hybridized carbons (Fsp3) is 0.333. The van der Waals surface area contributed by atoms with Crippen molar-refractivity contribution in [2.45, 2.75) is 39.3 Å². The summed E-state index contributed by atoms with van der Waals surface area (Å²) in [5, 5.41) is 3.21. The zero-order valence-electron chi connectivity index (χ0n) is 23.3. The molecule has 0 aliphatic heterocycles. The van der Waals surface area contributed by atoms with E-state index in [1.54, 1.807) is 12.1 Å². The molecule has 0 unspecified atom stereocenters. The number of carbonyl (C=O) groups is 2. The molecule has 1 N–H and O–H groups in total. The van der Waals surface area contributed by atoms with E-state index in [2.05, 4.69) is 5.32 Å². The van der Waals surface area contributed by atoms with Gasteiger partial charge < -0.3 is 15.0 Å². The molecule has 40 heavy (non-hydrogen) atoms. The number of hydrogen-bond donors (Lipinski definition) is 1. The van der Waals surface area contributed by atoms with Crippen LogP contribution in [0.5, 0.6) is 5.75 Å². The second-order valence-electron chi connectivity index (χ2n) is 9.59. The molecule has 0 aliphatic carbocycles. The highest BCUT2D eigenvalue weighted by Crippen LogP contribution is 2.33.